The largest absolute Gasteiger partial charge is 0.329 e. The van der Waals surface area contributed by atoms with Crippen LogP contribution in [0.2, 0.25) is 0 Å². The number of carbonyl (C=O) groups excluding carboxylic acids is 1. The van der Waals surface area contributed by atoms with Gasteiger partial charge in [-0.25, -0.2) is 13.4 Å². The number of amides is 1. The number of sulfone groups is 1. The van der Waals surface area contributed by atoms with E-state index in [1.54, 1.807) is 43.1 Å². The zero-order valence-corrected chi connectivity index (χ0v) is 17.3. The molecular formula is C20H21N3O3S2. The van der Waals surface area contributed by atoms with Crippen LogP contribution >= 0.6 is 11.8 Å². The number of nitrogens with one attached hydrogen (secondary N) is 1. The smallest absolute Gasteiger partial charge is 0.255 e. The van der Waals surface area contributed by atoms with Crippen LogP contribution in [0.5, 0.6) is 0 Å². The van der Waals surface area contributed by atoms with Crippen molar-refractivity contribution in [3.8, 4) is 0 Å². The summed E-state index contributed by atoms with van der Waals surface area (Å²) in [5.74, 6) is 0.422. The zero-order chi connectivity index (χ0) is 20.1. The Morgan fingerprint density at radius 2 is 1.96 bits per heavy atom. The number of carbonyl (C=O) groups is 1. The number of benzene rings is 2. The number of aryl methyl sites for hydroxylation is 1. The van der Waals surface area contributed by atoms with E-state index in [2.05, 4.69) is 10.3 Å². The number of nitrogens with zero attached hydrogens (tertiary/aromatic N) is 2. The topological polar surface area (TPSA) is 81.1 Å². The van der Waals surface area contributed by atoms with E-state index in [1.807, 2.05) is 36.0 Å². The summed E-state index contributed by atoms with van der Waals surface area (Å²) < 4.78 is 26.0. The van der Waals surface area contributed by atoms with E-state index in [0.29, 0.717) is 17.0 Å². The minimum absolute atomic E-state index is 0.0140. The van der Waals surface area contributed by atoms with Crippen LogP contribution in [0.4, 0.5) is 5.69 Å². The molecule has 2 aromatic carbocycles. The van der Waals surface area contributed by atoms with Crippen molar-refractivity contribution in [2.24, 2.45) is 7.05 Å². The number of hydrogen-bond donors (Lipinski definition) is 1. The van der Waals surface area contributed by atoms with Gasteiger partial charge in [0.2, 0.25) is 0 Å². The molecule has 0 atom stereocenters. The molecule has 3 rings (SSSR count). The van der Waals surface area contributed by atoms with Crippen LogP contribution in [0.15, 0.2) is 71.0 Å². The van der Waals surface area contributed by atoms with Gasteiger partial charge in [0.05, 0.1) is 10.6 Å². The van der Waals surface area contributed by atoms with Crippen LogP contribution in [0.1, 0.15) is 22.8 Å². The lowest BCUT2D eigenvalue weighted by Crippen LogP contribution is -2.13. The van der Waals surface area contributed by atoms with Crippen LogP contribution in [0.25, 0.3) is 0 Å². The highest BCUT2D eigenvalue weighted by atomic mass is 32.2. The van der Waals surface area contributed by atoms with E-state index >= 15 is 0 Å². The molecular weight excluding hydrogens is 394 g/mol. The second kappa shape index (κ2) is 8.62. The second-order valence-corrected chi connectivity index (χ2v) is 9.42. The molecule has 0 aliphatic rings. The number of rotatable bonds is 7. The molecule has 146 valence electrons. The summed E-state index contributed by atoms with van der Waals surface area (Å²) >= 11 is 1.59. The lowest BCUT2D eigenvalue weighted by Gasteiger charge is -2.09. The van der Waals surface area contributed by atoms with Gasteiger partial charge in [-0.2, -0.15) is 0 Å². The molecule has 1 aromatic heterocycles. The summed E-state index contributed by atoms with van der Waals surface area (Å²) in [4.78, 5) is 17.1. The van der Waals surface area contributed by atoms with Crippen LogP contribution in [0, 0.1) is 0 Å². The Balaban J connectivity index is 1.71. The Morgan fingerprint density at radius 1 is 1.18 bits per heavy atom. The molecule has 28 heavy (non-hydrogen) atoms. The van der Waals surface area contributed by atoms with Crippen molar-refractivity contribution in [1.29, 1.82) is 0 Å². The molecule has 8 heteroatoms. The summed E-state index contributed by atoms with van der Waals surface area (Å²) in [5, 5.41) is 3.68. The van der Waals surface area contributed by atoms with E-state index in [0.717, 1.165) is 10.7 Å². The lowest BCUT2D eigenvalue weighted by atomic mass is 10.1. The van der Waals surface area contributed by atoms with Crippen molar-refractivity contribution in [1.82, 2.24) is 9.55 Å². The lowest BCUT2D eigenvalue weighted by molar-refractivity contribution is 0.102. The van der Waals surface area contributed by atoms with E-state index in [-0.39, 0.29) is 16.6 Å². The van der Waals surface area contributed by atoms with Crippen molar-refractivity contribution >= 4 is 33.2 Å². The fraction of sp³-hybridized carbons (Fsp3) is 0.200. The Hall–Kier alpha value is -2.58. The maximum absolute atomic E-state index is 12.6. The maximum atomic E-state index is 12.6. The highest BCUT2D eigenvalue weighted by Gasteiger charge is 2.13. The van der Waals surface area contributed by atoms with E-state index in [4.69, 9.17) is 0 Å². The van der Waals surface area contributed by atoms with Crippen molar-refractivity contribution in [2.45, 2.75) is 22.7 Å². The average Bonchev–Trinajstić information content (AvgIpc) is 3.11. The SMILES string of the molecule is CCS(=O)(=O)c1cccc(NC(=O)c2cccc(CSc3nccn3C)c2)c1. The average molecular weight is 416 g/mol. The molecule has 0 radical (unpaired) electrons. The number of hydrogen-bond acceptors (Lipinski definition) is 5. The predicted molar refractivity (Wildman–Crippen MR) is 111 cm³/mol. The number of imidazole rings is 1. The number of thioether (sulfide) groups is 1. The van der Waals surface area contributed by atoms with Crippen molar-refractivity contribution in [3.63, 3.8) is 0 Å². The number of anilines is 1. The summed E-state index contributed by atoms with van der Waals surface area (Å²) in [5.41, 5.74) is 1.97. The van der Waals surface area contributed by atoms with Gasteiger partial charge in [0.15, 0.2) is 15.0 Å². The molecule has 6 nitrogen and oxygen atoms in total. The van der Waals surface area contributed by atoms with Gasteiger partial charge in [-0.1, -0.05) is 36.9 Å². The maximum Gasteiger partial charge on any atom is 0.255 e. The fourth-order valence-electron chi connectivity index (χ4n) is 2.58. The van der Waals surface area contributed by atoms with Gasteiger partial charge in [-0.15, -0.1) is 0 Å². The summed E-state index contributed by atoms with van der Waals surface area (Å²) in [7, 11) is -1.39. The second-order valence-electron chi connectivity index (χ2n) is 6.20. The van der Waals surface area contributed by atoms with E-state index in [9.17, 15) is 13.2 Å². The van der Waals surface area contributed by atoms with Gasteiger partial charge in [0.1, 0.15) is 0 Å². The molecule has 0 unspecified atom stereocenters. The molecule has 1 N–H and O–H groups in total. The van der Waals surface area contributed by atoms with E-state index in [1.165, 1.54) is 12.1 Å². The first-order chi connectivity index (χ1) is 13.4. The molecule has 0 saturated heterocycles. The summed E-state index contributed by atoms with van der Waals surface area (Å²) in [6, 6.07) is 13.7. The zero-order valence-electron chi connectivity index (χ0n) is 15.6. The quantitative estimate of drug-likeness (QED) is 0.594. The Labute approximate surface area is 168 Å². The fourth-order valence-corrected chi connectivity index (χ4v) is 4.38. The molecule has 0 spiro atoms. The molecule has 1 amide bonds. The summed E-state index contributed by atoms with van der Waals surface area (Å²) in [6.07, 6.45) is 3.64. The first-order valence-corrected chi connectivity index (χ1v) is 11.4. The Bertz CT molecular complexity index is 1090. The molecule has 0 saturated carbocycles. The van der Waals surface area contributed by atoms with Crippen LogP contribution in [-0.2, 0) is 22.6 Å². The number of aromatic nitrogens is 2. The van der Waals surface area contributed by atoms with Crippen molar-refractivity contribution in [2.75, 3.05) is 11.1 Å². The third-order valence-electron chi connectivity index (χ3n) is 4.17. The predicted octanol–water partition coefficient (Wildman–Crippen LogP) is 3.76. The van der Waals surface area contributed by atoms with Crippen LogP contribution < -0.4 is 5.32 Å². The molecule has 0 aliphatic heterocycles. The van der Waals surface area contributed by atoms with Gasteiger partial charge in [0, 0.05) is 36.4 Å². The highest BCUT2D eigenvalue weighted by Crippen LogP contribution is 2.22. The Kier molecular flexibility index (Phi) is 6.21. The molecule has 3 aromatic rings. The third-order valence-corrected chi connectivity index (χ3v) is 7.03. The van der Waals surface area contributed by atoms with Gasteiger partial charge in [-0.3, -0.25) is 4.79 Å². The minimum Gasteiger partial charge on any atom is -0.329 e. The first kappa shape index (κ1) is 20.2. The van der Waals surface area contributed by atoms with Gasteiger partial charge < -0.3 is 9.88 Å². The molecule has 0 fully saturated rings. The van der Waals surface area contributed by atoms with Crippen molar-refractivity contribution < 1.29 is 13.2 Å². The molecule has 0 aliphatic carbocycles. The van der Waals surface area contributed by atoms with E-state index < -0.39 is 9.84 Å². The monoisotopic (exact) mass is 415 g/mol. The third kappa shape index (κ3) is 4.82. The minimum atomic E-state index is -3.32. The molecule has 1 heterocycles. The standard InChI is InChI=1S/C20H21N3O3S2/c1-3-28(25,26)18-9-5-8-17(13-18)22-19(24)16-7-4-6-15(12-16)14-27-20-21-10-11-23(20)2/h4-13H,3,14H2,1-2H3,(H,22,24). The van der Waals surface area contributed by atoms with Gasteiger partial charge in [-0.05, 0) is 35.9 Å². The normalized spacial score (nSPS) is 11.4. The Morgan fingerprint density at radius 3 is 2.68 bits per heavy atom. The van der Waals surface area contributed by atoms with Crippen LogP contribution in [0.3, 0.4) is 0 Å². The first-order valence-electron chi connectivity index (χ1n) is 8.72. The van der Waals surface area contributed by atoms with Gasteiger partial charge in [0.25, 0.3) is 5.91 Å². The van der Waals surface area contributed by atoms with Gasteiger partial charge >= 0.3 is 0 Å². The van der Waals surface area contributed by atoms with Crippen molar-refractivity contribution in [3.05, 3.63) is 72.1 Å². The molecule has 0 bridgehead atoms. The highest BCUT2D eigenvalue weighted by molar-refractivity contribution is 7.98. The van der Waals surface area contributed by atoms with Crippen LogP contribution in [-0.4, -0.2) is 29.6 Å². The summed E-state index contributed by atoms with van der Waals surface area (Å²) in [6.45, 7) is 1.59.